The Morgan fingerprint density at radius 1 is 0.500 bits per heavy atom. The predicted octanol–water partition coefficient (Wildman–Crippen LogP) is 6.41. The van der Waals surface area contributed by atoms with Gasteiger partial charge in [0.1, 0.15) is 0 Å². The molecule has 134 valence electrons. The highest BCUT2D eigenvalue weighted by Crippen LogP contribution is 2.37. The van der Waals surface area contributed by atoms with Gasteiger partial charge >= 0.3 is 0 Å². The van der Waals surface area contributed by atoms with Crippen LogP contribution >= 0.6 is 0 Å². The van der Waals surface area contributed by atoms with Crippen LogP contribution in [0.5, 0.6) is 0 Å². The molecule has 0 aliphatic rings. The van der Waals surface area contributed by atoms with E-state index in [1.54, 1.807) is 0 Å². The first-order valence-electron chi connectivity index (χ1n) is 9.22. The van der Waals surface area contributed by atoms with Gasteiger partial charge in [0.05, 0.1) is 22.8 Å². The smallest absolute Gasteiger partial charge is 0.0969 e. The molecule has 3 rings (SSSR count). The van der Waals surface area contributed by atoms with Crippen molar-refractivity contribution in [3.05, 3.63) is 72.1 Å². The Morgan fingerprint density at radius 2 is 0.808 bits per heavy atom. The average molecular weight is 345 g/mol. The third-order valence-electron chi connectivity index (χ3n) is 4.41. The van der Waals surface area contributed by atoms with Crippen LogP contribution in [0.4, 0.5) is 0 Å². The molecule has 1 heterocycles. The van der Waals surface area contributed by atoms with Crippen LogP contribution in [-0.2, 0) is 10.8 Å². The number of hydrogen-bond donors (Lipinski definition) is 0. The van der Waals surface area contributed by atoms with Gasteiger partial charge < -0.3 is 0 Å². The molecular weight excluding hydrogens is 316 g/mol. The maximum atomic E-state index is 5.19. The van der Waals surface area contributed by atoms with Gasteiger partial charge in [0, 0.05) is 22.0 Å². The van der Waals surface area contributed by atoms with Crippen LogP contribution < -0.4 is 0 Å². The third-order valence-corrected chi connectivity index (χ3v) is 4.41. The van der Waals surface area contributed by atoms with Crippen LogP contribution in [0.1, 0.15) is 52.9 Å². The number of aromatic nitrogens is 2. The second kappa shape index (κ2) is 6.68. The molecule has 0 radical (unpaired) electrons. The molecule has 3 aromatic rings. The summed E-state index contributed by atoms with van der Waals surface area (Å²) < 4.78 is 0. The summed E-state index contributed by atoms with van der Waals surface area (Å²) >= 11 is 0. The van der Waals surface area contributed by atoms with E-state index in [-0.39, 0.29) is 10.8 Å². The first-order chi connectivity index (χ1) is 12.2. The summed E-state index contributed by atoms with van der Waals surface area (Å²) in [5.41, 5.74) is 6.11. The molecule has 1 aromatic heterocycles. The zero-order chi connectivity index (χ0) is 18.9. The number of nitrogens with zero attached hydrogens (tertiary/aromatic N) is 2. The molecule has 0 amide bonds. The van der Waals surface area contributed by atoms with Crippen molar-refractivity contribution in [2.45, 2.75) is 52.4 Å². The molecule has 0 atom stereocenters. The lowest BCUT2D eigenvalue weighted by Gasteiger charge is -2.29. The predicted molar refractivity (Wildman–Crippen MR) is 110 cm³/mol. The summed E-state index contributed by atoms with van der Waals surface area (Å²) in [6, 6.07) is 20.7. The Balaban J connectivity index is 2.38. The minimum Gasteiger partial charge on any atom is -0.248 e. The highest BCUT2D eigenvalue weighted by molar-refractivity contribution is 5.78. The molecule has 0 saturated carbocycles. The summed E-state index contributed by atoms with van der Waals surface area (Å²) in [5.74, 6) is 0. The van der Waals surface area contributed by atoms with Crippen molar-refractivity contribution in [1.29, 1.82) is 0 Å². The maximum Gasteiger partial charge on any atom is 0.0969 e. The fraction of sp³-hybridized carbons (Fsp3) is 0.333. The van der Waals surface area contributed by atoms with E-state index in [1.807, 2.05) is 12.1 Å². The second-order valence-electron chi connectivity index (χ2n) is 8.85. The Bertz CT molecular complexity index is 807. The van der Waals surface area contributed by atoms with E-state index in [0.29, 0.717) is 0 Å². The minimum atomic E-state index is -0.0750. The Morgan fingerprint density at radius 3 is 1.08 bits per heavy atom. The van der Waals surface area contributed by atoms with Crippen LogP contribution in [0, 0.1) is 0 Å². The van der Waals surface area contributed by atoms with Gasteiger partial charge in [0.15, 0.2) is 0 Å². The fourth-order valence-electron chi connectivity index (χ4n) is 3.08. The highest BCUT2D eigenvalue weighted by atomic mass is 14.9. The molecule has 0 fully saturated rings. The van der Waals surface area contributed by atoms with Gasteiger partial charge in [-0.05, 0) is 0 Å². The van der Waals surface area contributed by atoms with E-state index >= 15 is 0 Å². The maximum absolute atomic E-state index is 5.19. The van der Waals surface area contributed by atoms with Crippen LogP contribution in [0.2, 0.25) is 0 Å². The van der Waals surface area contributed by atoms with Crippen molar-refractivity contribution in [3.63, 3.8) is 0 Å². The van der Waals surface area contributed by atoms with Gasteiger partial charge in [-0.1, -0.05) is 102 Å². The first-order valence-corrected chi connectivity index (χ1v) is 9.22. The summed E-state index contributed by atoms with van der Waals surface area (Å²) in [6.45, 7) is 13.3. The minimum absolute atomic E-state index is 0.0750. The van der Waals surface area contributed by atoms with Crippen LogP contribution in [0.25, 0.3) is 22.5 Å². The van der Waals surface area contributed by atoms with Crippen LogP contribution in [0.15, 0.2) is 60.7 Å². The van der Waals surface area contributed by atoms with Gasteiger partial charge in [-0.3, -0.25) is 0 Å². The average Bonchev–Trinajstić information content (AvgIpc) is 2.60. The summed E-state index contributed by atoms with van der Waals surface area (Å²) in [7, 11) is 0. The third kappa shape index (κ3) is 3.70. The standard InChI is InChI=1S/C24H28N2/c1-23(2,3)21-22(24(4,5)6)26-20(18-15-11-8-12-16-18)19(25-21)17-13-9-7-10-14-17/h7-16H,1-6H3. The normalized spacial score (nSPS) is 12.2. The largest absolute Gasteiger partial charge is 0.248 e. The Labute approximate surface area is 157 Å². The van der Waals surface area contributed by atoms with Crippen LogP contribution in [0.3, 0.4) is 0 Å². The molecule has 0 spiro atoms. The van der Waals surface area contributed by atoms with Gasteiger partial charge in [-0.15, -0.1) is 0 Å². The number of hydrogen-bond acceptors (Lipinski definition) is 2. The van der Waals surface area contributed by atoms with Crippen molar-refractivity contribution in [3.8, 4) is 22.5 Å². The molecule has 2 nitrogen and oxygen atoms in total. The van der Waals surface area contributed by atoms with Crippen molar-refractivity contribution in [1.82, 2.24) is 9.97 Å². The summed E-state index contributed by atoms with van der Waals surface area (Å²) in [4.78, 5) is 10.4. The van der Waals surface area contributed by atoms with Crippen molar-refractivity contribution >= 4 is 0 Å². The van der Waals surface area contributed by atoms with Gasteiger partial charge in [-0.25, -0.2) is 9.97 Å². The van der Waals surface area contributed by atoms with E-state index in [9.17, 15) is 0 Å². The van der Waals surface area contributed by atoms with Gasteiger partial charge in [0.25, 0.3) is 0 Å². The van der Waals surface area contributed by atoms with Crippen molar-refractivity contribution in [2.75, 3.05) is 0 Å². The highest BCUT2D eigenvalue weighted by Gasteiger charge is 2.30. The van der Waals surface area contributed by atoms with Crippen LogP contribution in [-0.4, -0.2) is 9.97 Å². The lowest BCUT2D eigenvalue weighted by molar-refractivity contribution is 0.500. The lowest BCUT2D eigenvalue weighted by Crippen LogP contribution is -2.26. The molecule has 0 N–H and O–H groups in total. The quantitative estimate of drug-likeness (QED) is 0.537. The van der Waals surface area contributed by atoms with E-state index in [2.05, 4.69) is 90.1 Å². The molecule has 26 heavy (non-hydrogen) atoms. The second-order valence-corrected chi connectivity index (χ2v) is 8.85. The number of benzene rings is 2. The molecule has 0 saturated heterocycles. The van der Waals surface area contributed by atoms with E-state index in [0.717, 1.165) is 33.9 Å². The molecule has 2 heteroatoms. The van der Waals surface area contributed by atoms with Gasteiger partial charge in [0.2, 0.25) is 0 Å². The van der Waals surface area contributed by atoms with E-state index < -0.39 is 0 Å². The molecule has 0 aliphatic heterocycles. The fourth-order valence-corrected chi connectivity index (χ4v) is 3.08. The molecule has 0 unspecified atom stereocenters. The zero-order valence-corrected chi connectivity index (χ0v) is 16.7. The summed E-state index contributed by atoms with van der Waals surface area (Å²) in [6.07, 6.45) is 0. The lowest BCUT2D eigenvalue weighted by atomic mass is 9.81. The van der Waals surface area contributed by atoms with Crippen molar-refractivity contribution in [2.24, 2.45) is 0 Å². The Kier molecular flexibility index (Phi) is 4.70. The van der Waals surface area contributed by atoms with E-state index in [1.165, 1.54) is 0 Å². The van der Waals surface area contributed by atoms with E-state index in [4.69, 9.17) is 9.97 Å². The topological polar surface area (TPSA) is 25.8 Å². The first kappa shape index (κ1) is 18.3. The molecular formula is C24H28N2. The van der Waals surface area contributed by atoms with Crippen molar-refractivity contribution < 1.29 is 0 Å². The molecule has 0 bridgehead atoms. The van der Waals surface area contributed by atoms with Gasteiger partial charge in [-0.2, -0.15) is 0 Å². The monoisotopic (exact) mass is 344 g/mol. The Hall–Kier alpha value is -2.48. The number of rotatable bonds is 2. The molecule has 2 aromatic carbocycles. The molecule has 0 aliphatic carbocycles. The zero-order valence-electron chi connectivity index (χ0n) is 16.7. The summed E-state index contributed by atoms with van der Waals surface area (Å²) in [5, 5.41) is 0. The SMILES string of the molecule is CC(C)(C)c1nc(-c2ccccc2)c(-c2ccccc2)nc1C(C)(C)C.